The number of ketones is 1. The molecule has 0 atom stereocenters. The van der Waals surface area contributed by atoms with Crippen molar-refractivity contribution >= 4 is 28.7 Å². The van der Waals surface area contributed by atoms with Gasteiger partial charge in [-0.1, -0.05) is 36.4 Å². The fourth-order valence-electron chi connectivity index (χ4n) is 2.49. The predicted molar refractivity (Wildman–Crippen MR) is 94.2 cm³/mol. The number of fused-ring (bicyclic) bond motifs is 1. The molecular weight excluding hydrogens is 302 g/mol. The maximum atomic E-state index is 12.0. The first-order valence-corrected chi connectivity index (χ1v) is 7.59. The Hall–Kier alpha value is -3.21. The molecule has 24 heavy (non-hydrogen) atoms. The van der Waals surface area contributed by atoms with Crippen molar-refractivity contribution in [1.29, 1.82) is 0 Å². The highest BCUT2D eigenvalue weighted by molar-refractivity contribution is 6.05. The smallest absolute Gasteiger partial charge is 0.272 e. The molecule has 0 aliphatic rings. The van der Waals surface area contributed by atoms with E-state index in [4.69, 9.17) is 0 Å². The molecule has 0 bridgehead atoms. The second kappa shape index (κ2) is 6.50. The molecule has 3 rings (SSSR count). The van der Waals surface area contributed by atoms with E-state index in [0.717, 1.165) is 22.2 Å². The van der Waals surface area contributed by atoms with E-state index in [0.29, 0.717) is 5.69 Å². The van der Waals surface area contributed by atoms with Gasteiger partial charge in [-0.15, -0.1) is 0 Å². The summed E-state index contributed by atoms with van der Waals surface area (Å²) < 4.78 is 1.75. The number of hydrogen-bond acceptors (Lipinski definition) is 3. The highest BCUT2D eigenvalue weighted by Crippen LogP contribution is 2.22. The third-order valence-corrected chi connectivity index (χ3v) is 3.68. The first-order chi connectivity index (χ1) is 11.6. The number of amides is 1. The van der Waals surface area contributed by atoms with Gasteiger partial charge in [0.25, 0.3) is 5.91 Å². The minimum atomic E-state index is -0.217. The van der Waals surface area contributed by atoms with E-state index in [1.165, 1.54) is 13.0 Å². The minimum absolute atomic E-state index is 0.00682. The second-order valence-corrected chi connectivity index (χ2v) is 5.39. The first-order valence-electron chi connectivity index (χ1n) is 7.59. The zero-order valence-corrected chi connectivity index (χ0v) is 13.5. The van der Waals surface area contributed by atoms with E-state index in [1.807, 2.05) is 48.5 Å². The summed E-state index contributed by atoms with van der Waals surface area (Å²) in [5.74, 6) is -0.210. The summed E-state index contributed by atoms with van der Waals surface area (Å²) in [7, 11) is 1.59. The fourth-order valence-corrected chi connectivity index (χ4v) is 2.49. The van der Waals surface area contributed by atoms with E-state index in [9.17, 15) is 9.59 Å². The largest absolute Gasteiger partial charge is 0.354 e. The Kier molecular flexibility index (Phi) is 4.24. The Labute approximate surface area is 139 Å². The van der Waals surface area contributed by atoms with Crippen molar-refractivity contribution in [2.75, 3.05) is 7.05 Å². The number of nitrogens with one attached hydrogen (secondary N) is 1. The monoisotopic (exact) mass is 319 g/mol. The molecule has 5 nitrogen and oxygen atoms in total. The van der Waals surface area contributed by atoms with Gasteiger partial charge < -0.3 is 5.32 Å². The van der Waals surface area contributed by atoms with Crippen molar-refractivity contribution in [2.24, 2.45) is 0 Å². The molecule has 5 heteroatoms. The van der Waals surface area contributed by atoms with Gasteiger partial charge >= 0.3 is 0 Å². The Morgan fingerprint density at radius 3 is 2.46 bits per heavy atom. The fraction of sp³-hybridized carbons (Fsp3) is 0.105. The van der Waals surface area contributed by atoms with Crippen LogP contribution in [0.25, 0.3) is 22.7 Å². The summed E-state index contributed by atoms with van der Waals surface area (Å²) in [6, 6.07) is 15.2. The SMILES string of the molecule is CNC(=O)c1nn(-c2ccc(/C=C/C(C)=O)cc2)c2ccccc12. The molecule has 1 heterocycles. The van der Waals surface area contributed by atoms with Crippen LogP contribution in [-0.2, 0) is 4.79 Å². The molecule has 0 saturated carbocycles. The van der Waals surface area contributed by atoms with Gasteiger partial charge in [0.1, 0.15) is 0 Å². The van der Waals surface area contributed by atoms with Crippen LogP contribution in [0.1, 0.15) is 23.0 Å². The van der Waals surface area contributed by atoms with Crippen molar-refractivity contribution in [3.63, 3.8) is 0 Å². The van der Waals surface area contributed by atoms with Gasteiger partial charge in [-0.2, -0.15) is 5.10 Å². The van der Waals surface area contributed by atoms with Gasteiger partial charge in [0.15, 0.2) is 11.5 Å². The van der Waals surface area contributed by atoms with Crippen molar-refractivity contribution in [2.45, 2.75) is 6.92 Å². The van der Waals surface area contributed by atoms with E-state index in [1.54, 1.807) is 17.8 Å². The van der Waals surface area contributed by atoms with E-state index in [-0.39, 0.29) is 11.7 Å². The van der Waals surface area contributed by atoms with Gasteiger partial charge in [-0.3, -0.25) is 9.59 Å². The maximum Gasteiger partial charge on any atom is 0.272 e. The summed E-state index contributed by atoms with van der Waals surface area (Å²) in [5.41, 5.74) is 3.04. The van der Waals surface area contributed by atoms with Crippen LogP contribution < -0.4 is 5.32 Å². The van der Waals surface area contributed by atoms with Gasteiger partial charge in [0.05, 0.1) is 11.2 Å². The summed E-state index contributed by atoms with van der Waals surface area (Å²) in [6.07, 6.45) is 3.30. The number of rotatable bonds is 4. The summed E-state index contributed by atoms with van der Waals surface area (Å²) in [4.78, 5) is 23.1. The topological polar surface area (TPSA) is 64.0 Å². The normalized spacial score (nSPS) is 11.1. The molecule has 120 valence electrons. The number of aromatic nitrogens is 2. The average Bonchev–Trinajstić information content (AvgIpc) is 2.99. The number of nitrogens with zero attached hydrogens (tertiary/aromatic N) is 2. The summed E-state index contributed by atoms with van der Waals surface area (Å²) >= 11 is 0. The lowest BCUT2D eigenvalue weighted by Crippen LogP contribution is -2.18. The maximum absolute atomic E-state index is 12.0. The molecule has 0 aliphatic carbocycles. The molecule has 0 unspecified atom stereocenters. The molecule has 1 aromatic heterocycles. The van der Waals surface area contributed by atoms with E-state index < -0.39 is 0 Å². The van der Waals surface area contributed by atoms with Crippen molar-refractivity contribution in [1.82, 2.24) is 15.1 Å². The van der Waals surface area contributed by atoms with Gasteiger partial charge in [0, 0.05) is 12.4 Å². The zero-order chi connectivity index (χ0) is 17.1. The van der Waals surface area contributed by atoms with E-state index in [2.05, 4.69) is 10.4 Å². The molecule has 0 spiro atoms. The third kappa shape index (κ3) is 2.96. The number of benzene rings is 2. The second-order valence-electron chi connectivity index (χ2n) is 5.39. The molecule has 1 N–H and O–H groups in total. The lowest BCUT2D eigenvalue weighted by atomic mass is 10.1. The van der Waals surface area contributed by atoms with Gasteiger partial charge in [-0.05, 0) is 36.8 Å². The van der Waals surface area contributed by atoms with Crippen molar-refractivity contribution in [3.05, 3.63) is 65.9 Å². The zero-order valence-electron chi connectivity index (χ0n) is 13.5. The molecule has 0 saturated heterocycles. The van der Waals surface area contributed by atoms with Gasteiger partial charge in [-0.25, -0.2) is 4.68 Å². The molecule has 3 aromatic rings. The molecule has 0 aliphatic heterocycles. The number of hydrogen-bond donors (Lipinski definition) is 1. The van der Waals surface area contributed by atoms with Crippen molar-refractivity contribution < 1.29 is 9.59 Å². The predicted octanol–water partition coefficient (Wildman–Crippen LogP) is 2.99. The molecular formula is C19H17N3O2. The lowest BCUT2D eigenvalue weighted by molar-refractivity contribution is -0.112. The van der Waals surface area contributed by atoms with Crippen LogP contribution >= 0.6 is 0 Å². The van der Waals surface area contributed by atoms with Crippen LogP contribution in [0.4, 0.5) is 0 Å². The average molecular weight is 319 g/mol. The first kappa shape index (κ1) is 15.7. The van der Waals surface area contributed by atoms with Crippen LogP contribution in [0.15, 0.2) is 54.6 Å². The Morgan fingerprint density at radius 2 is 1.79 bits per heavy atom. The van der Waals surface area contributed by atoms with E-state index >= 15 is 0 Å². The molecule has 0 radical (unpaired) electrons. The van der Waals surface area contributed by atoms with Crippen LogP contribution in [0.5, 0.6) is 0 Å². The Morgan fingerprint density at radius 1 is 1.08 bits per heavy atom. The Balaban J connectivity index is 2.06. The highest BCUT2D eigenvalue weighted by atomic mass is 16.1. The molecule has 2 aromatic carbocycles. The van der Waals surface area contributed by atoms with Crippen LogP contribution in [0.2, 0.25) is 0 Å². The van der Waals surface area contributed by atoms with Gasteiger partial charge in [0.2, 0.25) is 0 Å². The summed E-state index contributed by atoms with van der Waals surface area (Å²) in [6.45, 7) is 1.51. The number of carbonyl (C=O) groups is 2. The Bertz CT molecular complexity index is 937. The standard InChI is InChI=1S/C19H17N3O2/c1-13(23)7-8-14-9-11-15(12-10-14)22-17-6-4-3-5-16(17)18(21-22)19(24)20-2/h3-12H,1-2H3,(H,20,24)/b8-7+. The number of carbonyl (C=O) groups excluding carboxylic acids is 2. The summed E-state index contributed by atoms with van der Waals surface area (Å²) in [5, 5.41) is 7.89. The van der Waals surface area contributed by atoms with Crippen LogP contribution in [0, 0.1) is 0 Å². The molecule has 1 amide bonds. The molecule has 0 fully saturated rings. The van der Waals surface area contributed by atoms with Crippen LogP contribution in [-0.4, -0.2) is 28.5 Å². The minimum Gasteiger partial charge on any atom is -0.354 e. The quantitative estimate of drug-likeness (QED) is 0.752. The third-order valence-electron chi connectivity index (χ3n) is 3.68. The number of allylic oxidation sites excluding steroid dienone is 1. The lowest BCUT2D eigenvalue weighted by Gasteiger charge is -2.04. The highest BCUT2D eigenvalue weighted by Gasteiger charge is 2.16. The van der Waals surface area contributed by atoms with Crippen molar-refractivity contribution in [3.8, 4) is 5.69 Å². The number of para-hydroxylation sites is 1. The van der Waals surface area contributed by atoms with Crippen LogP contribution in [0.3, 0.4) is 0 Å².